The summed E-state index contributed by atoms with van der Waals surface area (Å²) in [6.45, 7) is 0. The summed E-state index contributed by atoms with van der Waals surface area (Å²) in [5.41, 5.74) is 3.16. The first kappa shape index (κ1) is 18.4. The molecule has 0 bridgehead atoms. The van der Waals surface area contributed by atoms with E-state index in [-0.39, 0.29) is 11.3 Å². The first-order valence-electron chi connectivity index (χ1n) is 9.18. The van der Waals surface area contributed by atoms with Crippen molar-refractivity contribution >= 4 is 29.4 Å². The lowest BCUT2D eigenvalue weighted by Crippen LogP contribution is -1.98. The van der Waals surface area contributed by atoms with Gasteiger partial charge in [0.1, 0.15) is 0 Å². The first-order valence-corrected chi connectivity index (χ1v) is 11.8. The molecule has 1 aliphatic heterocycles. The van der Waals surface area contributed by atoms with E-state index in [0.29, 0.717) is 0 Å². The quantitative estimate of drug-likeness (QED) is 0.308. The molecular formula is C23H21BrNOP. The summed E-state index contributed by atoms with van der Waals surface area (Å²) in [6, 6.07) is 28.3. The number of rotatable bonds is 4. The summed E-state index contributed by atoms with van der Waals surface area (Å²) in [5, 5.41) is 0. The van der Waals surface area contributed by atoms with Crippen LogP contribution >= 0.6 is 23.2 Å². The molecule has 3 aromatic carbocycles. The third-order valence-electron chi connectivity index (χ3n) is 5.26. The van der Waals surface area contributed by atoms with Crippen molar-refractivity contribution in [3.8, 4) is 0 Å². The summed E-state index contributed by atoms with van der Waals surface area (Å²) < 4.78 is 20.1. The van der Waals surface area contributed by atoms with Crippen molar-refractivity contribution in [1.29, 1.82) is 0 Å². The first-order chi connectivity index (χ1) is 13.2. The van der Waals surface area contributed by atoms with Crippen molar-refractivity contribution in [3.63, 3.8) is 0 Å². The second kappa shape index (κ2) is 7.96. The highest BCUT2D eigenvalue weighted by Gasteiger charge is 2.47. The van der Waals surface area contributed by atoms with E-state index >= 15 is 0 Å². The Bertz CT molecular complexity index is 936. The molecule has 136 valence electrons. The zero-order valence-corrected chi connectivity index (χ0v) is 17.4. The van der Waals surface area contributed by atoms with Crippen molar-refractivity contribution < 1.29 is 4.57 Å². The van der Waals surface area contributed by atoms with Gasteiger partial charge in [-0.2, -0.15) is 0 Å². The van der Waals surface area contributed by atoms with Gasteiger partial charge in [0.05, 0.1) is 11.3 Å². The van der Waals surface area contributed by atoms with Crippen LogP contribution in [0.2, 0.25) is 0 Å². The minimum Gasteiger partial charge on any atom is -0.297 e. The Hall–Kier alpha value is -1.96. The zero-order chi connectivity index (χ0) is 18.7. The molecule has 0 saturated carbocycles. The molecule has 0 amide bonds. The van der Waals surface area contributed by atoms with Gasteiger partial charge in [-0.05, 0) is 30.0 Å². The molecule has 0 radical (unpaired) electrons. The lowest BCUT2D eigenvalue weighted by atomic mass is 10.0. The topological polar surface area (TPSA) is 29.4 Å². The van der Waals surface area contributed by atoms with Crippen molar-refractivity contribution in [3.05, 3.63) is 106 Å². The molecule has 0 aliphatic carbocycles. The van der Waals surface area contributed by atoms with Crippen LogP contribution < -0.4 is 0 Å². The van der Waals surface area contributed by atoms with E-state index in [4.69, 9.17) is 4.76 Å². The molecule has 4 heteroatoms. The fourth-order valence-electron chi connectivity index (χ4n) is 3.91. The molecule has 0 N–H and O–H groups in total. The normalized spacial score (nSPS) is 21.5. The fourth-order valence-corrected chi connectivity index (χ4v) is 7.59. The Morgan fingerprint density at radius 2 is 1.26 bits per heavy atom. The van der Waals surface area contributed by atoms with Gasteiger partial charge in [0.25, 0.3) is 0 Å². The number of hydrogen-bond donors (Lipinski definition) is 0. The van der Waals surface area contributed by atoms with Crippen molar-refractivity contribution in [2.24, 2.45) is 4.76 Å². The smallest absolute Gasteiger partial charge is 0.204 e. The third kappa shape index (κ3) is 3.72. The predicted octanol–water partition coefficient (Wildman–Crippen LogP) is 7.42. The van der Waals surface area contributed by atoms with Crippen LogP contribution in [0.15, 0.2) is 94.2 Å². The van der Waals surface area contributed by atoms with Crippen molar-refractivity contribution in [1.82, 2.24) is 0 Å². The lowest BCUT2D eigenvalue weighted by molar-refractivity contribution is 0.568. The summed E-state index contributed by atoms with van der Waals surface area (Å²) >= 11 is 3.56. The van der Waals surface area contributed by atoms with Crippen LogP contribution in [0.3, 0.4) is 0 Å². The Labute approximate surface area is 168 Å². The minimum absolute atomic E-state index is 0.0253. The SMILES string of the molecule is O=P1(/N=C\c2ccccc2Br)[C@H](c2ccccc2)CC[C@H]1c1ccccc1. The number of benzene rings is 3. The largest absolute Gasteiger partial charge is 0.297 e. The lowest BCUT2D eigenvalue weighted by Gasteiger charge is -2.23. The van der Waals surface area contributed by atoms with Crippen LogP contribution in [0, 0.1) is 0 Å². The van der Waals surface area contributed by atoms with E-state index in [0.717, 1.165) is 34.0 Å². The maximum absolute atomic E-state index is 14.3. The highest BCUT2D eigenvalue weighted by Crippen LogP contribution is 2.77. The second-order valence-electron chi connectivity index (χ2n) is 6.87. The predicted molar refractivity (Wildman–Crippen MR) is 117 cm³/mol. The van der Waals surface area contributed by atoms with Crippen LogP contribution in [-0.2, 0) is 4.57 Å². The summed E-state index contributed by atoms with van der Waals surface area (Å²) in [7, 11) is -2.87. The van der Waals surface area contributed by atoms with Gasteiger partial charge < -0.3 is 0 Å². The molecule has 0 aromatic heterocycles. The third-order valence-corrected chi connectivity index (χ3v) is 9.36. The molecule has 2 nitrogen and oxygen atoms in total. The number of hydrogen-bond acceptors (Lipinski definition) is 1. The highest BCUT2D eigenvalue weighted by atomic mass is 79.9. The highest BCUT2D eigenvalue weighted by molar-refractivity contribution is 9.10. The van der Waals surface area contributed by atoms with Crippen LogP contribution in [0.4, 0.5) is 0 Å². The summed E-state index contributed by atoms with van der Waals surface area (Å²) in [4.78, 5) is 0. The van der Waals surface area contributed by atoms with Crippen LogP contribution in [0.5, 0.6) is 0 Å². The van der Waals surface area contributed by atoms with E-state index in [2.05, 4.69) is 40.2 Å². The Balaban J connectivity index is 1.78. The minimum atomic E-state index is -2.87. The molecule has 1 saturated heterocycles. The van der Waals surface area contributed by atoms with Crippen molar-refractivity contribution in [2.45, 2.75) is 24.2 Å². The van der Waals surface area contributed by atoms with E-state index in [1.54, 1.807) is 6.21 Å². The maximum atomic E-state index is 14.3. The Morgan fingerprint density at radius 3 is 1.78 bits per heavy atom. The van der Waals surface area contributed by atoms with Gasteiger partial charge in [-0.3, -0.25) is 4.57 Å². The molecule has 3 aromatic rings. The Morgan fingerprint density at radius 1 is 0.778 bits per heavy atom. The van der Waals surface area contributed by atoms with Gasteiger partial charge in [-0.15, -0.1) is 0 Å². The molecule has 4 rings (SSSR count). The molecule has 27 heavy (non-hydrogen) atoms. The maximum Gasteiger partial charge on any atom is 0.204 e. The zero-order valence-electron chi connectivity index (χ0n) is 14.9. The number of halogens is 1. The van der Waals surface area contributed by atoms with E-state index < -0.39 is 7.29 Å². The summed E-state index contributed by atoms with van der Waals surface area (Å²) in [5.74, 6) is 0. The molecule has 1 aliphatic rings. The second-order valence-corrected chi connectivity index (χ2v) is 10.5. The fraction of sp³-hybridized carbons (Fsp3) is 0.174. The average molecular weight is 438 g/mol. The standard InChI is InChI=1S/C23H21BrNOP/c24-21-14-8-7-13-20(21)17-25-27(26)22(18-9-3-1-4-10-18)15-16-23(27)19-11-5-2-6-12-19/h1-14,17,22-23H,15-16H2/b25-17-/t22-,23-/m0/s1. The van der Waals surface area contributed by atoms with E-state index in [1.807, 2.05) is 60.7 Å². The van der Waals surface area contributed by atoms with E-state index in [1.165, 1.54) is 0 Å². The molecular weight excluding hydrogens is 417 g/mol. The summed E-state index contributed by atoms with van der Waals surface area (Å²) in [6.07, 6.45) is 3.59. The Kier molecular flexibility index (Phi) is 5.43. The monoisotopic (exact) mass is 437 g/mol. The van der Waals surface area contributed by atoms with Crippen LogP contribution in [-0.4, -0.2) is 6.21 Å². The van der Waals surface area contributed by atoms with Gasteiger partial charge in [0.2, 0.25) is 7.29 Å². The molecule has 1 fully saturated rings. The molecule has 0 spiro atoms. The van der Waals surface area contributed by atoms with Gasteiger partial charge in [-0.1, -0.05) is 94.8 Å². The van der Waals surface area contributed by atoms with Crippen LogP contribution in [0.1, 0.15) is 40.8 Å². The molecule has 1 heterocycles. The van der Waals surface area contributed by atoms with E-state index in [9.17, 15) is 4.57 Å². The molecule has 2 atom stereocenters. The average Bonchev–Trinajstić information content (AvgIpc) is 3.06. The van der Waals surface area contributed by atoms with Gasteiger partial charge in [0.15, 0.2) is 0 Å². The van der Waals surface area contributed by atoms with Gasteiger partial charge in [-0.25, -0.2) is 4.76 Å². The van der Waals surface area contributed by atoms with Crippen molar-refractivity contribution in [2.75, 3.05) is 0 Å². The van der Waals surface area contributed by atoms with Gasteiger partial charge >= 0.3 is 0 Å². The number of nitrogens with zero attached hydrogens (tertiary/aromatic N) is 1. The van der Waals surface area contributed by atoms with Crippen LogP contribution in [0.25, 0.3) is 0 Å². The van der Waals surface area contributed by atoms with Gasteiger partial charge in [0, 0.05) is 16.3 Å². The molecule has 0 unspecified atom stereocenters.